The predicted octanol–water partition coefficient (Wildman–Crippen LogP) is 2.98. The van der Waals surface area contributed by atoms with Crippen LogP contribution in [0.1, 0.15) is 5.56 Å². The van der Waals surface area contributed by atoms with Crippen LogP contribution in [0.2, 0.25) is 0 Å². The van der Waals surface area contributed by atoms with E-state index in [0.717, 1.165) is 17.0 Å². The van der Waals surface area contributed by atoms with E-state index in [4.69, 9.17) is 10.5 Å². The van der Waals surface area contributed by atoms with E-state index in [1.807, 2.05) is 37.3 Å². The summed E-state index contributed by atoms with van der Waals surface area (Å²) in [6, 6.07) is 12.2. The minimum absolute atomic E-state index is 0.0698. The maximum atomic E-state index is 10.9. The molecule has 0 heterocycles. The molecular weight excluding hydrogens is 270 g/mol. The van der Waals surface area contributed by atoms with Gasteiger partial charge in [0.25, 0.3) is 5.69 Å². The van der Waals surface area contributed by atoms with Gasteiger partial charge in [-0.05, 0) is 42.8 Å². The minimum atomic E-state index is -0.401. The number of aryl methyl sites for hydroxylation is 1. The van der Waals surface area contributed by atoms with Gasteiger partial charge in [0, 0.05) is 30.1 Å². The van der Waals surface area contributed by atoms with Crippen molar-refractivity contribution in [3.8, 4) is 5.75 Å². The number of rotatable bonds is 6. The quantitative estimate of drug-likeness (QED) is 0.629. The first-order chi connectivity index (χ1) is 10.1. The van der Waals surface area contributed by atoms with Gasteiger partial charge in [0.15, 0.2) is 0 Å². The third kappa shape index (κ3) is 4.19. The number of benzene rings is 2. The number of nitro benzene ring substituents is 1. The molecule has 0 spiro atoms. The molecule has 3 N–H and O–H groups in total. The summed E-state index contributed by atoms with van der Waals surface area (Å²) in [7, 11) is 0. The molecule has 0 radical (unpaired) electrons. The van der Waals surface area contributed by atoms with Crippen molar-refractivity contribution in [2.24, 2.45) is 5.73 Å². The Morgan fingerprint density at radius 1 is 1.19 bits per heavy atom. The summed E-state index contributed by atoms with van der Waals surface area (Å²) in [6.07, 6.45) is 0. The minimum Gasteiger partial charge on any atom is -0.492 e. The number of non-ortho nitro benzene ring substituents is 1. The molecule has 0 aliphatic rings. The Morgan fingerprint density at radius 2 is 1.90 bits per heavy atom. The van der Waals surface area contributed by atoms with Crippen LogP contribution in [0, 0.1) is 17.0 Å². The van der Waals surface area contributed by atoms with E-state index in [9.17, 15) is 10.1 Å². The van der Waals surface area contributed by atoms with Crippen LogP contribution in [0.5, 0.6) is 5.75 Å². The van der Waals surface area contributed by atoms with Crippen LogP contribution in [0.4, 0.5) is 17.1 Å². The molecule has 0 atom stereocenters. The zero-order chi connectivity index (χ0) is 15.2. The highest BCUT2D eigenvalue weighted by Crippen LogP contribution is 2.24. The van der Waals surface area contributed by atoms with Gasteiger partial charge in [-0.1, -0.05) is 0 Å². The number of nitrogens with two attached hydrogens (primary N) is 1. The van der Waals surface area contributed by atoms with Crippen LogP contribution in [-0.2, 0) is 0 Å². The average molecular weight is 287 g/mol. The highest BCUT2D eigenvalue weighted by Gasteiger charge is 2.08. The normalized spacial score (nSPS) is 10.2. The van der Waals surface area contributed by atoms with Crippen LogP contribution < -0.4 is 15.8 Å². The topological polar surface area (TPSA) is 90.4 Å². The lowest BCUT2D eigenvalue weighted by molar-refractivity contribution is -0.384. The van der Waals surface area contributed by atoms with Crippen LogP contribution in [0.3, 0.4) is 0 Å². The second-order valence-electron chi connectivity index (χ2n) is 4.60. The van der Waals surface area contributed by atoms with Crippen LogP contribution in [0.25, 0.3) is 0 Å². The lowest BCUT2D eigenvalue weighted by atomic mass is 10.2. The molecular formula is C15H17N3O3. The zero-order valence-electron chi connectivity index (χ0n) is 11.7. The maximum Gasteiger partial charge on any atom is 0.271 e. The SMILES string of the molecule is Cc1cc(Nc2ccc(OCCN)cc2)cc([N+](=O)[O-])c1. The van der Waals surface area contributed by atoms with E-state index in [0.29, 0.717) is 18.8 Å². The Kier molecular flexibility index (Phi) is 4.73. The summed E-state index contributed by atoms with van der Waals surface area (Å²) in [5.41, 5.74) is 7.77. The second-order valence-corrected chi connectivity index (χ2v) is 4.60. The summed E-state index contributed by atoms with van der Waals surface area (Å²) >= 11 is 0. The van der Waals surface area contributed by atoms with Gasteiger partial charge in [0.05, 0.1) is 4.92 Å². The fraction of sp³-hybridized carbons (Fsp3) is 0.200. The summed E-state index contributed by atoms with van der Waals surface area (Å²) in [6.45, 7) is 2.76. The van der Waals surface area contributed by atoms with Crippen molar-refractivity contribution in [2.45, 2.75) is 6.92 Å². The van der Waals surface area contributed by atoms with E-state index in [-0.39, 0.29) is 5.69 Å². The molecule has 0 saturated heterocycles. The molecule has 0 amide bonds. The molecule has 110 valence electrons. The molecule has 0 saturated carbocycles. The number of ether oxygens (including phenoxy) is 1. The predicted molar refractivity (Wildman–Crippen MR) is 82.1 cm³/mol. The lowest BCUT2D eigenvalue weighted by Gasteiger charge is -2.09. The van der Waals surface area contributed by atoms with E-state index >= 15 is 0 Å². The van der Waals surface area contributed by atoms with E-state index in [1.54, 1.807) is 0 Å². The van der Waals surface area contributed by atoms with Gasteiger partial charge in [-0.15, -0.1) is 0 Å². The van der Waals surface area contributed by atoms with Crippen molar-refractivity contribution in [1.29, 1.82) is 0 Å². The van der Waals surface area contributed by atoms with Gasteiger partial charge in [-0.3, -0.25) is 10.1 Å². The number of nitrogens with one attached hydrogen (secondary N) is 1. The van der Waals surface area contributed by atoms with Crippen LogP contribution >= 0.6 is 0 Å². The van der Waals surface area contributed by atoms with Gasteiger partial charge in [0.2, 0.25) is 0 Å². The first-order valence-electron chi connectivity index (χ1n) is 6.54. The summed E-state index contributed by atoms with van der Waals surface area (Å²) < 4.78 is 5.39. The molecule has 0 bridgehead atoms. The Morgan fingerprint density at radius 3 is 2.52 bits per heavy atom. The van der Waals surface area contributed by atoms with E-state index in [2.05, 4.69) is 5.32 Å². The van der Waals surface area contributed by atoms with Crippen molar-refractivity contribution in [2.75, 3.05) is 18.5 Å². The van der Waals surface area contributed by atoms with Crippen LogP contribution in [-0.4, -0.2) is 18.1 Å². The smallest absolute Gasteiger partial charge is 0.271 e. The average Bonchev–Trinajstić information content (AvgIpc) is 2.46. The van der Waals surface area contributed by atoms with E-state index in [1.165, 1.54) is 12.1 Å². The Hall–Kier alpha value is -2.60. The Labute approximate surface area is 122 Å². The summed E-state index contributed by atoms with van der Waals surface area (Å²) in [4.78, 5) is 10.5. The molecule has 0 unspecified atom stereocenters. The molecule has 6 heteroatoms. The molecule has 0 aromatic heterocycles. The number of nitro groups is 1. The number of anilines is 2. The number of hydrogen-bond donors (Lipinski definition) is 2. The first-order valence-corrected chi connectivity index (χ1v) is 6.54. The van der Waals surface area contributed by atoms with E-state index < -0.39 is 4.92 Å². The van der Waals surface area contributed by atoms with Gasteiger partial charge < -0.3 is 15.8 Å². The van der Waals surface area contributed by atoms with Crippen molar-refractivity contribution in [3.63, 3.8) is 0 Å². The van der Waals surface area contributed by atoms with Gasteiger partial charge in [-0.2, -0.15) is 0 Å². The largest absolute Gasteiger partial charge is 0.492 e. The van der Waals surface area contributed by atoms with Crippen molar-refractivity contribution >= 4 is 17.1 Å². The Bertz CT molecular complexity index is 627. The molecule has 6 nitrogen and oxygen atoms in total. The standard InChI is InChI=1S/C15H17N3O3/c1-11-8-13(10-14(9-11)18(19)20)17-12-2-4-15(5-3-12)21-7-6-16/h2-5,8-10,17H,6-7,16H2,1H3. The molecule has 21 heavy (non-hydrogen) atoms. The highest BCUT2D eigenvalue weighted by atomic mass is 16.6. The zero-order valence-corrected chi connectivity index (χ0v) is 11.7. The molecule has 0 aliphatic carbocycles. The van der Waals surface area contributed by atoms with Crippen molar-refractivity contribution in [1.82, 2.24) is 0 Å². The van der Waals surface area contributed by atoms with Gasteiger partial charge >= 0.3 is 0 Å². The Balaban J connectivity index is 2.12. The van der Waals surface area contributed by atoms with Crippen molar-refractivity contribution in [3.05, 3.63) is 58.1 Å². The van der Waals surface area contributed by atoms with Gasteiger partial charge in [-0.25, -0.2) is 0 Å². The lowest BCUT2D eigenvalue weighted by Crippen LogP contribution is -2.10. The fourth-order valence-corrected chi connectivity index (χ4v) is 1.92. The summed E-state index contributed by atoms with van der Waals surface area (Å²) in [5, 5.41) is 14.0. The van der Waals surface area contributed by atoms with Crippen molar-refractivity contribution < 1.29 is 9.66 Å². The third-order valence-corrected chi connectivity index (χ3v) is 2.80. The molecule has 2 rings (SSSR count). The third-order valence-electron chi connectivity index (χ3n) is 2.80. The summed E-state index contributed by atoms with van der Waals surface area (Å²) in [5.74, 6) is 0.737. The highest BCUT2D eigenvalue weighted by molar-refractivity contribution is 5.64. The monoisotopic (exact) mass is 287 g/mol. The van der Waals surface area contributed by atoms with Crippen LogP contribution in [0.15, 0.2) is 42.5 Å². The maximum absolute atomic E-state index is 10.9. The molecule has 0 aliphatic heterocycles. The fourth-order valence-electron chi connectivity index (χ4n) is 1.92. The molecule has 2 aromatic carbocycles. The molecule has 2 aromatic rings. The number of hydrogen-bond acceptors (Lipinski definition) is 5. The van der Waals surface area contributed by atoms with Gasteiger partial charge in [0.1, 0.15) is 12.4 Å². The first kappa shape index (κ1) is 14.8. The second kappa shape index (κ2) is 6.71. The number of nitrogens with zero attached hydrogens (tertiary/aromatic N) is 1. The molecule has 0 fully saturated rings.